The van der Waals surface area contributed by atoms with Gasteiger partial charge in [0.25, 0.3) is 0 Å². The topological polar surface area (TPSA) is 86.2 Å². The predicted molar refractivity (Wildman–Crippen MR) is 67.7 cm³/mol. The predicted octanol–water partition coefficient (Wildman–Crippen LogP) is 1.81. The van der Waals surface area contributed by atoms with Crippen LogP contribution in [0.2, 0.25) is 0 Å². The molecule has 0 saturated heterocycles. The van der Waals surface area contributed by atoms with E-state index in [1.807, 2.05) is 24.3 Å². The zero-order valence-corrected chi connectivity index (χ0v) is 9.71. The van der Waals surface area contributed by atoms with Gasteiger partial charge in [-0.3, -0.25) is 10.3 Å². The number of oxazole rings is 1. The molecule has 2 aromatic rings. The monoisotopic (exact) mass is 241 g/mol. The van der Waals surface area contributed by atoms with Crippen LogP contribution >= 0.6 is 0 Å². The maximum atomic E-state index is 8.51. The normalized spacial score (nSPS) is 10.8. The van der Waals surface area contributed by atoms with Gasteiger partial charge in [0, 0.05) is 18.3 Å². The largest absolute Gasteiger partial charge is 0.444 e. The highest BCUT2D eigenvalue weighted by Crippen LogP contribution is 2.20. The molecule has 1 aromatic heterocycles. The van der Waals surface area contributed by atoms with E-state index in [9.17, 15) is 0 Å². The number of nitrogens with one attached hydrogen (secondary N) is 2. The van der Waals surface area contributed by atoms with Gasteiger partial charge in [-0.15, -0.1) is 0 Å². The molecule has 0 amide bonds. The van der Waals surface area contributed by atoms with E-state index in [0.717, 1.165) is 11.3 Å². The summed E-state index contributed by atoms with van der Waals surface area (Å²) in [5.41, 5.74) is 1.75. The molecule has 90 valence electrons. The summed E-state index contributed by atoms with van der Waals surface area (Å²) in [6.07, 6.45) is 4.85. The molecule has 1 aromatic carbocycles. The van der Waals surface area contributed by atoms with Gasteiger partial charge < -0.3 is 9.73 Å². The average molecular weight is 241 g/mol. The Labute approximate surface area is 104 Å². The van der Waals surface area contributed by atoms with E-state index < -0.39 is 0 Å². The highest BCUT2D eigenvalue weighted by Gasteiger charge is 2.02. The first-order valence-corrected chi connectivity index (χ1v) is 5.21. The quantitative estimate of drug-likeness (QED) is 0.362. The molecule has 18 heavy (non-hydrogen) atoms. The van der Waals surface area contributed by atoms with Crippen LogP contribution in [0.4, 0.5) is 5.69 Å². The third-order valence-corrected chi connectivity index (χ3v) is 2.26. The van der Waals surface area contributed by atoms with Crippen LogP contribution in [-0.4, -0.2) is 18.0 Å². The van der Waals surface area contributed by atoms with Crippen LogP contribution in [0, 0.1) is 11.5 Å². The van der Waals surface area contributed by atoms with Crippen LogP contribution in [0.3, 0.4) is 0 Å². The lowest BCUT2D eigenvalue weighted by Crippen LogP contribution is -2.26. The molecule has 6 nitrogen and oxygen atoms in total. The van der Waals surface area contributed by atoms with Crippen molar-refractivity contribution in [2.75, 3.05) is 12.4 Å². The number of anilines is 1. The molecule has 0 fully saturated rings. The number of benzene rings is 1. The first-order valence-electron chi connectivity index (χ1n) is 5.21. The minimum Gasteiger partial charge on any atom is -0.444 e. The fourth-order valence-corrected chi connectivity index (χ4v) is 1.41. The second-order valence-electron chi connectivity index (χ2n) is 3.38. The van der Waals surface area contributed by atoms with Crippen molar-refractivity contribution in [3.8, 4) is 17.5 Å². The number of rotatable bonds is 2. The Bertz CT molecular complexity index is 566. The summed E-state index contributed by atoms with van der Waals surface area (Å²) >= 11 is 0. The van der Waals surface area contributed by atoms with Crippen LogP contribution in [-0.2, 0) is 0 Å². The van der Waals surface area contributed by atoms with E-state index in [1.165, 1.54) is 6.39 Å². The molecule has 0 aliphatic rings. The zero-order valence-electron chi connectivity index (χ0n) is 9.71. The van der Waals surface area contributed by atoms with Crippen LogP contribution in [0.25, 0.3) is 11.3 Å². The molecule has 2 N–H and O–H groups in total. The van der Waals surface area contributed by atoms with E-state index >= 15 is 0 Å². The first kappa shape index (κ1) is 11.7. The van der Waals surface area contributed by atoms with Crippen molar-refractivity contribution in [1.82, 2.24) is 10.3 Å². The minimum absolute atomic E-state index is 0.393. The smallest absolute Gasteiger partial charge is 0.208 e. The highest BCUT2D eigenvalue weighted by molar-refractivity contribution is 5.94. The van der Waals surface area contributed by atoms with E-state index in [1.54, 1.807) is 19.4 Å². The molecule has 1 heterocycles. The molecular weight excluding hydrogens is 230 g/mol. The van der Waals surface area contributed by atoms with E-state index in [2.05, 4.69) is 20.6 Å². The Hall–Kier alpha value is -2.81. The SMILES string of the molecule is CN=C(NC#N)Nc1ccc(-c2cnco2)cc1. The van der Waals surface area contributed by atoms with Crippen LogP contribution in [0.15, 0.2) is 46.3 Å². The van der Waals surface area contributed by atoms with Gasteiger partial charge in [0.15, 0.2) is 18.3 Å². The lowest BCUT2D eigenvalue weighted by atomic mass is 10.2. The molecule has 0 aliphatic carbocycles. The Morgan fingerprint density at radius 2 is 2.17 bits per heavy atom. The number of nitrogens with zero attached hydrogens (tertiary/aromatic N) is 3. The molecular formula is C12H11N5O. The Kier molecular flexibility index (Phi) is 3.56. The summed E-state index contributed by atoms with van der Waals surface area (Å²) in [6, 6.07) is 7.51. The molecule has 0 radical (unpaired) electrons. The number of hydrogen-bond donors (Lipinski definition) is 2. The molecule has 0 aliphatic heterocycles. The average Bonchev–Trinajstić information content (AvgIpc) is 2.93. The van der Waals surface area contributed by atoms with Crippen molar-refractivity contribution in [3.63, 3.8) is 0 Å². The van der Waals surface area contributed by atoms with Crippen molar-refractivity contribution >= 4 is 11.6 Å². The highest BCUT2D eigenvalue weighted by atomic mass is 16.3. The van der Waals surface area contributed by atoms with E-state index in [4.69, 9.17) is 9.68 Å². The van der Waals surface area contributed by atoms with Crippen molar-refractivity contribution in [1.29, 1.82) is 5.26 Å². The maximum Gasteiger partial charge on any atom is 0.208 e. The van der Waals surface area contributed by atoms with Crippen molar-refractivity contribution in [2.45, 2.75) is 0 Å². The second kappa shape index (κ2) is 5.50. The molecule has 0 saturated carbocycles. The fraction of sp³-hybridized carbons (Fsp3) is 0.0833. The summed E-state index contributed by atoms with van der Waals surface area (Å²) in [5, 5.41) is 13.9. The minimum atomic E-state index is 0.393. The Balaban J connectivity index is 2.11. The van der Waals surface area contributed by atoms with Crippen LogP contribution < -0.4 is 10.6 Å². The Morgan fingerprint density at radius 1 is 1.39 bits per heavy atom. The summed E-state index contributed by atoms with van der Waals surface area (Å²) in [7, 11) is 1.59. The summed E-state index contributed by atoms with van der Waals surface area (Å²) in [4.78, 5) is 7.75. The first-order chi connectivity index (χ1) is 8.83. The molecule has 0 atom stereocenters. The van der Waals surface area contributed by atoms with Gasteiger partial charge in [-0.25, -0.2) is 4.98 Å². The van der Waals surface area contributed by atoms with Gasteiger partial charge in [-0.05, 0) is 24.3 Å². The number of aromatic nitrogens is 1. The molecule has 2 rings (SSSR count). The Morgan fingerprint density at radius 3 is 2.72 bits per heavy atom. The molecule has 0 spiro atoms. The van der Waals surface area contributed by atoms with Crippen molar-refractivity contribution < 1.29 is 4.42 Å². The van der Waals surface area contributed by atoms with Gasteiger partial charge in [0.2, 0.25) is 5.96 Å². The van der Waals surface area contributed by atoms with Gasteiger partial charge in [-0.2, -0.15) is 5.26 Å². The molecule has 0 unspecified atom stereocenters. The van der Waals surface area contributed by atoms with Crippen LogP contribution in [0.5, 0.6) is 0 Å². The van der Waals surface area contributed by atoms with Crippen molar-refractivity contribution in [3.05, 3.63) is 36.9 Å². The lowest BCUT2D eigenvalue weighted by Gasteiger charge is -2.07. The number of hydrogen-bond acceptors (Lipinski definition) is 4. The molecule has 6 heteroatoms. The summed E-state index contributed by atoms with van der Waals surface area (Å²) < 4.78 is 5.19. The molecule has 0 bridgehead atoms. The van der Waals surface area contributed by atoms with Gasteiger partial charge in [-0.1, -0.05) is 0 Å². The third-order valence-electron chi connectivity index (χ3n) is 2.26. The lowest BCUT2D eigenvalue weighted by molar-refractivity contribution is 0.572. The van der Waals surface area contributed by atoms with Crippen LogP contribution in [0.1, 0.15) is 0 Å². The fourth-order valence-electron chi connectivity index (χ4n) is 1.41. The maximum absolute atomic E-state index is 8.51. The van der Waals surface area contributed by atoms with E-state index in [-0.39, 0.29) is 0 Å². The summed E-state index contributed by atoms with van der Waals surface area (Å²) in [5.74, 6) is 1.10. The van der Waals surface area contributed by atoms with Gasteiger partial charge in [0.1, 0.15) is 0 Å². The standard InChI is InChI=1S/C12H11N5O/c1-14-12(16-7-13)17-10-4-2-9(3-5-10)11-6-15-8-18-11/h2-6,8H,1H3,(H2,14,16,17). The number of guanidine groups is 1. The van der Waals surface area contributed by atoms with Gasteiger partial charge in [0.05, 0.1) is 6.20 Å². The summed E-state index contributed by atoms with van der Waals surface area (Å²) in [6.45, 7) is 0. The zero-order chi connectivity index (χ0) is 12.8. The third kappa shape index (κ3) is 2.65. The number of nitriles is 1. The van der Waals surface area contributed by atoms with E-state index in [0.29, 0.717) is 11.7 Å². The van der Waals surface area contributed by atoms with Gasteiger partial charge >= 0.3 is 0 Å². The van der Waals surface area contributed by atoms with Crippen molar-refractivity contribution in [2.24, 2.45) is 4.99 Å². The number of aliphatic imine (C=N–C) groups is 1. The second-order valence-corrected chi connectivity index (χ2v) is 3.38.